The molecule has 0 spiro atoms. The molecule has 1 aromatic rings. The van der Waals surface area contributed by atoms with Gasteiger partial charge < -0.3 is 10.1 Å². The predicted molar refractivity (Wildman–Crippen MR) is 86.9 cm³/mol. The van der Waals surface area contributed by atoms with E-state index >= 15 is 0 Å². The molecule has 5 heteroatoms. The van der Waals surface area contributed by atoms with Crippen molar-refractivity contribution in [1.82, 2.24) is 10.2 Å². The minimum absolute atomic E-state index is 0. The number of unbranched alkanes of at least 4 members (excludes halogenated alkanes) is 1. The van der Waals surface area contributed by atoms with Crippen molar-refractivity contribution in [2.45, 2.75) is 32.2 Å². The van der Waals surface area contributed by atoms with Crippen LogP contribution in [0.5, 0.6) is 5.75 Å². The van der Waals surface area contributed by atoms with Crippen molar-refractivity contribution in [3.63, 3.8) is 0 Å². The summed E-state index contributed by atoms with van der Waals surface area (Å²) in [6.07, 6.45) is 3.44. The zero-order valence-electron chi connectivity index (χ0n) is 12.9. The Morgan fingerprint density at radius 2 is 2.05 bits per heavy atom. The maximum absolute atomic E-state index is 13.4. The van der Waals surface area contributed by atoms with Gasteiger partial charge >= 0.3 is 0 Å². The van der Waals surface area contributed by atoms with Crippen LogP contribution >= 0.6 is 12.4 Å². The van der Waals surface area contributed by atoms with Gasteiger partial charge in [0.15, 0.2) is 0 Å². The first-order valence-corrected chi connectivity index (χ1v) is 7.54. The van der Waals surface area contributed by atoms with E-state index in [-0.39, 0.29) is 18.2 Å². The lowest BCUT2D eigenvalue weighted by Crippen LogP contribution is -2.45. The number of nitrogens with one attached hydrogen (secondary N) is 1. The second-order valence-electron chi connectivity index (χ2n) is 5.33. The highest BCUT2D eigenvalue weighted by molar-refractivity contribution is 5.85. The molecule has 2 rings (SSSR count). The van der Waals surface area contributed by atoms with Gasteiger partial charge in [-0.25, -0.2) is 4.39 Å². The molecule has 0 radical (unpaired) electrons. The van der Waals surface area contributed by atoms with E-state index in [2.05, 4.69) is 17.1 Å². The minimum Gasteiger partial charge on any atom is -0.496 e. The number of nitrogens with zero attached hydrogens (tertiary/aromatic N) is 1. The van der Waals surface area contributed by atoms with Crippen LogP contribution in [-0.4, -0.2) is 38.2 Å². The van der Waals surface area contributed by atoms with Crippen LogP contribution in [0, 0.1) is 5.82 Å². The normalized spacial score (nSPS) is 17.1. The number of benzene rings is 1. The molecule has 1 heterocycles. The van der Waals surface area contributed by atoms with Crippen molar-refractivity contribution in [3.05, 3.63) is 29.6 Å². The van der Waals surface area contributed by atoms with Crippen molar-refractivity contribution in [2.24, 2.45) is 0 Å². The SMILES string of the molecule is CCCC[C@H](c1ccc(F)cc1OC)N1CCNCC1.Cl. The van der Waals surface area contributed by atoms with Gasteiger partial charge in [0.1, 0.15) is 11.6 Å². The lowest BCUT2D eigenvalue weighted by molar-refractivity contribution is 0.160. The van der Waals surface area contributed by atoms with Crippen molar-refractivity contribution < 1.29 is 9.13 Å². The van der Waals surface area contributed by atoms with Crippen molar-refractivity contribution in [1.29, 1.82) is 0 Å². The zero-order valence-corrected chi connectivity index (χ0v) is 13.7. The smallest absolute Gasteiger partial charge is 0.126 e. The Balaban J connectivity index is 0.00000220. The topological polar surface area (TPSA) is 24.5 Å². The molecule has 0 aliphatic carbocycles. The van der Waals surface area contributed by atoms with Crippen LogP contribution in [0.4, 0.5) is 4.39 Å². The first kappa shape index (κ1) is 18.2. The van der Waals surface area contributed by atoms with Crippen LogP contribution in [0.15, 0.2) is 18.2 Å². The van der Waals surface area contributed by atoms with Crippen LogP contribution in [0.2, 0.25) is 0 Å². The maximum atomic E-state index is 13.4. The van der Waals surface area contributed by atoms with Gasteiger partial charge in [-0.2, -0.15) is 0 Å². The molecule has 1 fully saturated rings. The van der Waals surface area contributed by atoms with E-state index in [1.165, 1.54) is 18.9 Å². The molecule has 0 bridgehead atoms. The number of hydrogen-bond acceptors (Lipinski definition) is 3. The van der Waals surface area contributed by atoms with E-state index in [0.29, 0.717) is 11.8 Å². The van der Waals surface area contributed by atoms with Gasteiger partial charge in [-0.15, -0.1) is 12.4 Å². The largest absolute Gasteiger partial charge is 0.496 e. The Bertz CT molecular complexity index is 425. The number of piperazine rings is 1. The molecule has 120 valence electrons. The molecule has 1 atom stereocenters. The fourth-order valence-electron chi connectivity index (χ4n) is 2.89. The Hall–Kier alpha value is -0.840. The summed E-state index contributed by atoms with van der Waals surface area (Å²) in [5.74, 6) is 0.435. The standard InChI is InChI=1S/C16H25FN2O.ClH/c1-3-4-5-15(19-10-8-18-9-11-19)14-7-6-13(17)12-16(14)20-2;/h6-7,12,15,18H,3-5,8-11H2,1-2H3;1H/t15-;/m1./s1. The summed E-state index contributed by atoms with van der Waals surface area (Å²) in [5.41, 5.74) is 1.12. The summed E-state index contributed by atoms with van der Waals surface area (Å²) >= 11 is 0. The quantitative estimate of drug-likeness (QED) is 0.870. The predicted octanol–water partition coefficient (Wildman–Crippen LogP) is 3.39. The highest BCUT2D eigenvalue weighted by Crippen LogP contribution is 2.33. The average Bonchev–Trinajstić information content (AvgIpc) is 2.49. The highest BCUT2D eigenvalue weighted by Gasteiger charge is 2.24. The van der Waals surface area contributed by atoms with E-state index in [4.69, 9.17) is 4.74 Å². The molecule has 1 saturated heterocycles. The van der Waals surface area contributed by atoms with E-state index in [9.17, 15) is 4.39 Å². The number of methoxy groups -OCH3 is 1. The summed E-state index contributed by atoms with van der Waals surface area (Å²) in [7, 11) is 1.62. The molecule has 1 aliphatic rings. The lowest BCUT2D eigenvalue weighted by Gasteiger charge is -2.36. The molecule has 0 saturated carbocycles. The molecular formula is C16H26ClFN2O. The molecule has 1 N–H and O–H groups in total. The van der Waals surface area contributed by atoms with Gasteiger partial charge in [0.25, 0.3) is 0 Å². The molecule has 0 amide bonds. The number of ether oxygens (including phenoxy) is 1. The number of hydrogen-bond donors (Lipinski definition) is 1. The van der Waals surface area contributed by atoms with Crippen molar-refractivity contribution in [3.8, 4) is 5.75 Å². The first-order valence-electron chi connectivity index (χ1n) is 7.54. The highest BCUT2D eigenvalue weighted by atomic mass is 35.5. The first-order chi connectivity index (χ1) is 9.76. The second-order valence-corrected chi connectivity index (χ2v) is 5.33. The lowest BCUT2D eigenvalue weighted by atomic mass is 9.97. The summed E-state index contributed by atoms with van der Waals surface area (Å²) in [6, 6.07) is 5.25. The van der Waals surface area contributed by atoms with Crippen LogP contribution in [0.3, 0.4) is 0 Å². The zero-order chi connectivity index (χ0) is 14.4. The Morgan fingerprint density at radius 3 is 2.67 bits per heavy atom. The number of rotatable bonds is 6. The van der Waals surface area contributed by atoms with Crippen LogP contribution < -0.4 is 10.1 Å². The molecule has 21 heavy (non-hydrogen) atoms. The Morgan fingerprint density at radius 1 is 1.33 bits per heavy atom. The summed E-state index contributed by atoms with van der Waals surface area (Å²) in [4.78, 5) is 2.49. The fourth-order valence-corrected chi connectivity index (χ4v) is 2.89. The Kier molecular flexibility index (Phi) is 8.01. The van der Waals surface area contributed by atoms with E-state index in [1.807, 2.05) is 6.07 Å². The van der Waals surface area contributed by atoms with E-state index in [1.54, 1.807) is 13.2 Å². The molecular weight excluding hydrogens is 291 g/mol. The van der Waals surface area contributed by atoms with Gasteiger partial charge in [0.2, 0.25) is 0 Å². The average molecular weight is 317 g/mol. The monoisotopic (exact) mass is 316 g/mol. The van der Waals surface area contributed by atoms with Crippen molar-refractivity contribution in [2.75, 3.05) is 33.3 Å². The third kappa shape index (κ3) is 4.83. The molecule has 0 aromatic heterocycles. The van der Waals surface area contributed by atoms with Crippen LogP contribution in [0.1, 0.15) is 37.8 Å². The second kappa shape index (κ2) is 9.23. The fraction of sp³-hybridized carbons (Fsp3) is 0.625. The summed E-state index contributed by atoms with van der Waals surface area (Å²) in [5, 5.41) is 3.38. The van der Waals surface area contributed by atoms with Gasteiger partial charge in [0.05, 0.1) is 7.11 Å². The van der Waals surface area contributed by atoms with Gasteiger partial charge in [0, 0.05) is 43.9 Å². The molecule has 1 aliphatic heterocycles. The van der Waals surface area contributed by atoms with Gasteiger partial charge in [-0.3, -0.25) is 4.90 Å². The van der Waals surface area contributed by atoms with E-state index < -0.39 is 0 Å². The molecule has 0 unspecified atom stereocenters. The minimum atomic E-state index is -0.236. The van der Waals surface area contributed by atoms with Crippen LogP contribution in [0.25, 0.3) is 0 Å². The maximum Gasteiger partial charge on any atom is 0.126 e. The summed E-state index contributed by atoms with van der Waals surface area (Å²) in [6.45, 7) is 6.32. The summed E-state index contributed by atoms with van der Waals surface area (Å²) < 4.78 is 18.8. The Labute approximate surface area is 133 Å². The van der Waals surface area contributed by atoms with Gasteiger partial charge in [-0.05, 0) is 12.5 Å². The van der Waals surface area contributed by atoms with Gasteiger partial charge in [-0.1, -0.05) is 25.8 Å². The van der Waals surface area contributed by atoms with Crippen LogP contribution in [-0.2, 0) is 0 Å². The third-order valence-electron chi connectivity index (χ3n) is 3.98. The third-order valence-corrected chi connectivity index (χ3v) is 3.98. The molecule has 3 nitrogen and oxygen atoms in total. The molecule has 1 aromatic carbocycles. The van der Waals surface area contributed by atoms with E-state index in [0.717, 1.165) is 38.2 Å². The number of halogens is 2. The van der Waals surface area contributed by atoms with Crippen molar-refractivity contribution >= 4 is 12.4 Å².